The quantitative estimate of drug-likeness (QED) is 0.351. The number of epoxide rings is 1. The Morgan fingerprint density at radius 2 is 2.15 bits per heavy atom. The summed E-state index contributed by atoms with van der Waals surface area (Å²) < 4.78 is 17.0. The van der Waals surface area contributed by atoms with Crippen LogP contribution in [0, 0.1) is 5.92 Å². The molecule has 0 amide bonds. The van der Waals surface area contributed by atoms with Gasteiger partial charge in [0.25, 0.3) is 0 Å². The van der Waals surface area contributed by atoms with Crippen LogP contribution in [-0.4, -0.2) is 47.1 Å². The lowest BCUT2D eigenvalue weighted by Crippen LogP contribution is -2.39. The van der Waals surface area contributed by atoms with Gasteiger partial charge in [-0.3, -0.25) is 0 Å². The van der Waals surface area contributed by atoms with E-state index in [1.165, 1.54) is 6.08 Å². The highest BCUT2D eigenvalue weighted by atomic mass is 16.6. The number of fused-ring (bicyclic) bond motifs is 3. The van der Waals surface area contributed by atoms with Gasteiger partial charge in [-0.1, -0.05) is 23.8 Å². The van der Waals surface area contributed by atoms with Crippen LogP contribution in [-0.2, 0) is 23.8 Å². The van der Waals surface area contributed by atoms with E-state index in [9.17, 15) is 14.7 Å². The summed E-state index contributed by atoms with van der Waals surface area (Å²) in [5.41, 5.74) is 1.43. The average molecular weight is 362 g/mol. The molecule has 2 saturated heterocycles. The standard InChI is InChI=1S/C20H26O6/c1-10(2)6-15(22)24-14-8-11(3)7-13(21)9-20(5)18(26-20)17-16(14)12(4)19(23)25-17/h6-7,13-14,16-18,21H,4,8-9H2,1-3,5H3/b11-7+/t13-,14+,16-,17+,18-,20-/m1/s1. The third-order valence-electron chi connectivity index (χ3n) is 5.19. The molecule has 0 unspecified atom stereocenters. The lowest BCUT2D eigenvalue weighted by atomic mass is 9.81. The molecule has 26 heavy (non-hydrogen) atoms. The summed E-state index contributed by atoms with van der Waals surface area (Å²) in [7, 11) is 0. The van der Waals surface area contributed by atoms with Crippen LogP contribution in [0.25, 0.3) is 0 Å². The van der Waals surface area contributed by atoms with E-state index in [4.69, 9.17) is 14.2 Å². The van der Waals surface area contributed by atoms with Gasteiger partial charge < -0.3 is 19.3 Å². The van der Waals surface area contributed by atoms with Gasteiger partial charge in [-0.15, -0.1) is 0 Å². The first-order valence-corrected chi connectivity index (χ1v) is 8.89. The van der Waals surface area contributed by atoms with Crippen LogP contribution in [0.15, 0.2) is 35.5 Å². The number of aliphatic hydroxyl groups is 1. The van der Waals surface area contributed by atoms with Crippen molar-refractivity contribution in [3.63, 3.8) is 0 Å². The Morgan fingerprint density at radius 1 is 1.46 bits per heavy atom. The molecule has 1 N–H and O–H groups in total. The van der Waals surface area contributed by atoms with E-state index in [0.717, 1.165) is 11.1 Å². The summed E-state index contributed by atoms with van der Waals surface area (Å²) >= 11 is 0. The first kappa shape index (κ1) is 18.9. The molecule has 0 saturated carbocycles. The van der Waals surface area contributed by atoms with E-state index in [1.54, 1.807) is 6.08 Å². The molecule has 1 aliphatic carbocycles. The number of hydrogen-bond acceptors (Lipinski definition) is 6. The van der Waals surface area contributed by atoms with E-state index in [2.05, 4.69) is 6.58 Å². The van der Waals surface area contributed by atoms with Crippen molar-refractivity contribution in [3.8, 4) is 0 Å². The van der Waals surface area contributed by atoms with Crippen molar-refractivity contribution < 1.29 is 28.9 Å². The van der Waals surface area contributed by atoms with Crippen molar-refractivity contribution in [3.05, 3.63) is 35.5 Å². The minimum absolute atomic E-state index is 0.303. The van der Waals surface area contributed by atoms with Crippen molar-refractivity contribution in [2.24, 2.45) is 5.92 Å². The maximum Gasteiger partial charge on any atom is 0.334 e. The SMILES string of the molecule is C=C1C(=O)O[C@H]2[C@H]1[C@@H](OC(=O)C=C(C)C)C/C(C)=C/[C@@H](O)C[C@@]1(C)O[C@H]21. The minimum Gasteiger partial charge on any atom is -0.458 e. The fourth-order valence-corrected chi connectivity index (χ4v) is 3.98. The van der Waals surface area contributed by atoms with Gasteiger partial charge in [0.1, 0.15) is 18.3 Å². The molecule has 2 heterocycles. The van der Waals surface area contributed by atoms with Gasteiger partial charge in [0, 0.05) is 24.5 Å². The zero-order valence-electron chi connectivity index (χ0n) is 15.7. The van der Waals surface area contributed by atoms with Gasteiger partial charge in [0.2, 0.25) is 0 Å². The van der Waals surface area contributed by atoms with Crippen molar-refractivity contribution in [2.75, 3.05) is 0 Å². The second-order valence-corrected chi connectivity index (χ2v) is 7.96. The number of allylic oxidation sites excluding steroid dienone is 1. The molecule has 3 rings (SSSR count). The van der Waals surface area contributed by atoms with Gasteiger partial charge in [-0.25, -0.2) is 9.59 Å². The van der Waals surface area contributed by atoms with Crippen molar-refractivity contribution in [1.82, 2.24) is 0 Å². The van der Waals surface area contributed by atoms with Gasteiger partial charge in [0.15, 0.2) is 0 Å². The van der Waals surface area contributed by atoms with Gasteiger partial charge in [0.05, 0.1) is 17.6 Å². The predicted molar refractivity (Wildman–Crippen MR) is 94.1 cm³/mol. The maximum absolute atomic E-state index is 12.2. The normalized spacial score (nSPS) is 41.1. The molecule has 3 aliphatic rings. The summed E-state index contributed by atoms with van der Waals surface area (Å²) in [5.74, 6) is -1.42. The molecule has 0 aromatic heterocycles. The second-order valence-electron chi connectivity index (χ2n) is 7.96. The zero-order valence-corrected chi connectivity index (χ0v) is 15.7. The Kier molecular flexibility index (Phi) is 4.84. The van der Waals surface area contributed by atoms with Crippen molar-refractivity contribution >= 4 is 11.9 Å². The smallest absolute Gasteiger partial charge is 0.334 e. The second kappa shape index (κ2) is 6.67. The highest BCUT2D eigenvalue weighted by Crippen LogP contribution is 2.50. The Hall–Kier alpha value is -1.92. The number of esters is 2. The third-order valence-corrected chi connectivity index (χ3v) is 5.19. The van der Waals surface area contributed by atoms with Crippen LogP contribution >= 0.6 is 0 Å². The molecule has 0 spiro atoms. The van der Waals surface area contributed by atoms with Crippen LogP contribution in [0.5, 0.6) is 0 Å². The molecule has 142 valence electrons. The first-order valence-electron chi connectivity index (χ1n) is 8.89. The molecule has 0 bridgehead atoms. The fourth-order valence-electron chi connectivity index (χ4n) is 3.98. The van der Waals surface area contributed by atoms with Crippen LogP contribution in [0.3, 0.4) is 0 Å². The topological polar surface area (TPSA) is 85.4 Å². The lowest BCUT2D eigenvalue weighted by Gasteiger charge is -2.28. The summed E-state index contributed by atoms with van der Waals surface area (Å²) in [4.78, 5) is 24.4. The molecular formula is C20H26O6. The first-order chi connectivity index (χ1) is 12.1. The number of carbonyl (C=O) groups excluding carboxylic acids is 2. The summed E-state index contributed by atoms with van der Waals surface area (Å²) in [5, 5.41) is 10.3. The molecular weight excluding hydrogens is 336 g/mol. The monoisotopic (exact) mass is 362 g/mol. The molecule has 0 aromatic rings. The Labute approximate surface area is 153 Å². The Morgan fingerprint density at radius 3 is 2.81 bits per heavy atom. The number of carbonyl (C=O) groups is 2. The van der Waals surface area contributed by atoms with Gasteiger partial charge in [-0.05, 0) is 27.7 Å². The molecule has 6 heteroatoms. The van der Waals surface area contributed by atoms with Crippen molar-refractivity contribution in [2.45, 2.75) is 70.6 Å². The van der Waals surface area contributed by atoms with Crippen molar-refractivity contribution in [1.29, 1.82) is 0 Å². The summed E-state index contributed by atoms with van der Waals surface area (Å²) in [6.07, 6.45) is 1.79. The number of ether oxygens (including phenoxy) is 3. The third kappa shape index (κ3) is 3.62. The molecule has 6 nitrogen and oxygen atoms in total. The minimum atomic E-state index is -0.670. The van der Waals surface area contributed by atoms with Crippen LogP contribution in [0.4, 0.5) is 0 Å². The van der Waals surface area contributed by atoms with E-state index in [0.29, 0.717) is 18.4 Å². The molecule has 6 atom stereocenters. The average Bonchev–Trinajstić information content (AvgIpc) is 3.04. The Bertz CT molecular complexity index is 701. The lowest BCUT2D eigenvalue weighted by molar-refractivity contribution is -0.147. The van der Waals surface area contributed by atoms with Gasteiger partial charge in [-0.2, -0.15) is 0 Å². The van der Waals surface area contributed by atoms with E-state index < -0.39 is 41.8 Å². The van der Waals surface area contributed by atoms with Crippen LogP contribution in [0.1, 0.15) is 40.5 Å². The number of aliphatic hydroxyl groups excluding tert-OH is 1. The van der Waals surface area contributed by atoms with Gasteiger partial charge >= 0.3 is 11.9 Å². The van der Waals surface area contributed by atoms with E-state index in [-0.39, 0.29) is 6.10 Å². The predicted octanol–water partition coefficient (Wildman–Crippen LogP) is 2.22. The molecule has 0 radical (unpaired) electrons. The molecule has 2 aliphatic heterocycles. The van der Waals surface area contributed by atoms with E-state index >= 15 is 0 Å². The number of rotatable bonds is 2. The Balaban J connectivity index is 1.96. The molecule has 0 aromatic carbocycles. The van der Waals surface area contributed by atoms with Crippen LogP contribution in [0.2, 0.25) is 0 Å². The highest BCUT2D eigenvalue weighted by molar-refractivity contribution is 5.91. The van der Waals surface area contributed by atoms with E-state index in [1.807, 2.05) is 27.7 Å². The summed E-state index contributed by atoms with van der Waals surface area (Å²) in [6, 6.07) is 0. The maximum atomic E-state index is 12.2. The largest absolute Gasteiger partial charge is 0.458 e. The fraction of sp³-hybridized carbons (Fsp3) is 0.600. The van der Waals surface area contributed by atoms with Crippen LogP contribution < -0.4 is 0 Å². The number of hydrogen-bond donors (Lipinski definition) is 1. The highest BCUT2D eigenvalue weighted by Gasteiger charge is 2.64. The molecule has 2 fully saturated rings. The zero-order chi connectivity index (χ0) is 19.2. The summed E-state index contributed by atoms with van der Waals surface area (Å²) in [6.45, 7) is 11.3.